The van der Waals surface area contributed by atoms with E-state index in [0.29, 0.717) is 12.2 Å². The number of halogens is 3. The van der Waals surface area contributed by atoms with Gasteiger partial charge in [0.05, 0.1) is 11.9 Å². The maximum atomic E-state index is 12.3. The second kappa shape index (κ2) is 6.11. The number of hydrogen-bond donors (Lipinski definition) is 1. The molecule has 6 nitrogen and oxygen atoms in total. The molecule has 0 unspecified atom stereocenters. The first-order valence-corrected chi connectivity index (χ1v) is 8.02. The minimum Gasteiger partial charge on any atom is -0.406 e. The number of benzene rings is 1. The lowest BCUT2D eigenvalue weighted by Gasteiger charge is -2.11. The van der Waals surface area contributed by atoms with Crippen LogP contribution < -0.4 is 9.46 Å². The minimum atomic E-state index is -4.80. The Labute approximate surface area is 130 Å². The van der Waals surface area contributed by atoms with Crippen molar-refractivity contribution < 1.29 is 26.3 Å². The van der Waals surface area contributed by atoms with Crippen LogP contribution in [0.15, 0.2) is 35.4 Å². The van der Waals surface area contributed by atoms with Crippen molar-refractivity contribution in [2.75, 3.05) is 4.72 Å². The SMILES string of the molecule is CCn1ncc(S(=O)(=O)Nc2ccc(OC(F)(F)F)cc2)c1C. The van der Waals surface area contributed by atoms with E-state index in [-0.39, 0.29) is 10.6 Å². The van der Waals surface area contributed by atoms with Crippen molar-refractivity contribution in [2.24, 2.45) is 0 Å². The van der Waals surface area contributed by atoms with E-state index in [4.69, 9.17) is 0 Å². The smallest absolute Gasteiger partial charge is 0.406 e. The molecular weight excluding hydrogens is 335 g/mol. The van der Waals surface area contributed by atoms with Gasteiger partial charge in [-0.1, -0.05) is 0 Å². The summed E-state index contributed by atoms with van der Waals surface area (Å²) in [6.45, 7) is 3.96. The Hall–Kier alpha value is -2.23. The fraction of sp³-hybridized carbons (Fsp3) is 0.308. The van der Waals surface area contributed by atoms with Crippen molar-refractivity contribution in [1.29, 1.82) is 0 Å². The molecule has 0 aliphatic carbocycles. The number of sulfonamides is 1. The fourth-order valence-electron chi connectivity index (χ4n) is 1.95. The van der Waals surface area contributed by atoms with E-state index < -0.39 is 22.1 Å². The highest BCUT2D eigenvalue weighted by molar-refractivity contribution is 7.92. The molecule has 0 saturated heterocycles. The Morgan fingerprint density at radius 2 is 1.87 bits per heavy atom. The number of nitrogens with zero attached hydrogens (tertiary/aromatic N) is 2. The number of aromatic nitrogens is 2. The molecule has 1 heterocycles. The Bertz CT molecular complexity index is 783. The first-order chi connectivity index (χ1) is 10.6. The number of alkyl halides is 3. The molecule has 2 aromatic rings. The van der Waals surface area contributed by atoms with E-state index in [2.05, 4.69) is 14.6 Å². The van der Waals surface area contributed by atoms with Crippen LogP contribution in [0.25, 0.3) is 0 Å². The molecule has 1 aromatic heterocycles. The van der Waals surface area contributed by atoms with E-state index in [1.807, 2.05) is 6.92 Å². The average Bonchev–Trinajstić information content (AvgIpc) is 2.81. The van der Waals surface area contributed by atoms with Crippen LogP contribution in [0.5, 0.6) is 5.75 Å². The van der Waals surface area contributed by atoms with Crippen LogP contribution in [0.3, 0.4) is 0 Å². The Morgan fingerprint density at radius 3 is 2.35 bits per heavy atom. The first-order valence-electron chi connectivity index (χ1n) is 6.53. The molecule has 0 aliphatic rings. The van der Waals surface area contributed by atoms with Crippen LogP contribution >= 0.6 is 0 Å². The number of rotatable bonds is 5. The summed E-state index contributed by atoms with van der Waals surface area (Å²) in [6.07, 6.45) is -3.57. The first kappa shape index (κ1) is 17.1. The van der Waals surface area contributed by atoms with Crippen molar-refractivity contribution in [3.8, 4) is 5.75 Å². The summed E-state index contributed by atoms with van der Waals surface area (Å²) < 4.78 is 68.3. The van der Waals surface area contributed by atoms with Crippen molar-refractivity contribution in [3.05, 3.63) is 36.2 Å². The summed E-state index contributed by atoms with van der Waals surface area (Å²) in [7, 11) is -3.88. The highest BCUT2D eigenvalue weighted by Gasteiger charge is 2.31. The molecule has 0 radical (unpaired) electrons. The summed E-state index contributed by atoms with van der Waals surface area (Å²) >= 11 is 0. The third kappa shape index (κ3) is 4.15. The van der Waals surface area contributed by atoms with Gasteiger partial charge in [-0.15, -0.1) is 13.2 Å². The molecule has 1 aromatic carbocycles. The minimum absolute atomic E-state index is 0.00923. The monoisotopic (exact) mass is 349 g/mol. The lowest BCUT2D eigenvalue weighted by molar-refractivity contribution is -0.274. The average molecular weight is 349 g/mol. The number of hydrogen-bond acceptors (Lipinski definition) is 4. The molecule has 0 bridgehead atoms. The molecule has 0 atom stereocenters. The second-order valence-electron chi connectivity index (χ2n) is 4.59. The van der Waals surface area contributed by atoms with Crippen LogP contribution in [-0.4, -0.2) is 24.6 Å². The molecule has 1 N–H and O–H groups in total. The highest BCUT2D eigenvalue weighted by atomic mass is 32.2. The predicted molar refractivity (Wildman–Crippen MR) is 76.6 cm³/mol. The third-order valence-electron chi connectivity index (χ3n) is 2.99. The molecule has 2 rings (SSSR count). The molecule has 0 saturated carbocycles. The zero-order valence-corrected chi connectivity index (χ0v) is 13.1. The topological polar surface area (TPSA) is 73.2 Å². The number of ether oxygens (including phenoxy) is 1. The molecule has 0 amide bonds. The van der Waals surface area contributed by atoms with Crippen LogP contribution in [0, 0.1) is 6.92 Å². The van der Waals surface area contributed by atoms with Crippen molar-refractivity contribution in [3.63, 3.8) is 0 Å². The predicted octanol–water partition coefficient (Wildman–Crippen LogP) is 2.91. The van der Waals surface area contributed by atoms with Crippen LogP contribution in [0.4, 0.5) is 18.9 Å². The number of anilines is 1. The van der Waals surface area contributed by atoms with Gasteiger partial charge in [-0.05, 0) is 38.1 Å². The highest BCUT2D eigenvalue weighted by Crippen LogP contribution is 2.25. The van der Waals surface area contributed by atoms with E-state index >= 15 is 0 Å². The Balaban J connectivity index is 2.19. The van der Waals surface area contributed by atoms with Gasteiger partial charge in [-0.3, -0.25) is 9.40 Å². The lowest BCUT2D eigenvalue weighted by Crippen LogP contribution is -2.17. The summed E-state index contributed by atoms with van der Waals surface area (Å²) in [5, 5.41) is 3.95. The normalized spacial score (nSPS) is 12.2. The third-order valence-corrected chi connectivity index (χ3v) is 4.47. The fourth-order valence-corrected chi connectivity index (χ4v) is 3.18. The molecule has 0 spiro atoms. The van der Waals surface area contributed by atoms with Crippen molar-refractivity contribution in [2.45, 2.75) is 31.7 Å². The second-order valence-corrected chi connectivity index (χ2v) is 6.24. The Morgan fingerprint density at radius 1 is 1.26 bits per heavy atom. The molecule has 126 valence electrons. The van der Waals surface area contributed by atoms with E-state index in [1.165, 1.54) is 23.0 Å². The summed E-state index contributed by atoms with van der Waals surface area (Å²) in [5.74, 6) is -0.435. The van der Waals surface area contributed by atoms with Gasteiger partial charge in [0.15, 0.2) is 0 Å². The molecule has 0 fully saturated rings. The molecular formula is C13H14F3N3O3S. The summed E-state index contributed by atoms with van der Waals surface area (Å²) in [5.41, 5.74) is 0.584. The zero-order valence-electron chi connectivity index (χ0n) is 12.3. The van der Waals surface area contributed by atoms with Gasteiger partial charge in [0.2, 0.25) is 0 Å². The summed E-state index contributed by atoms with van der Waals surface area (Å²) in [6, 6.07) is 4.40. The van der Waals surface area contributed by atoms with Gasteiger partial charge in [-0.25, -0.2) is 8.42 Å². The van der Waals surface area contributed by atoms with Crippen LogP contribution in [0.1, 0.15) is 12.6 Å². The Kier molecular flexibility index (Phi) is 4.55. The van der Waals surface area contributed by atoms with Crippen molar-refractivity contribution >= 4 is 15.7 Å². The number of aryl methyl sites for hydroxylation is 1. The van der Waals surface area contributed by atoms with Gasteiger partial charge in [0, 0.05) is 12.2 Å². The van der Waals surface area contributed by atoms with Crippen molar-refractivity contribution in [1.82, 2.24) is 9.78 Å². The summed E-state index contributed by atoms with van der Waals surface area (Å²) in [4.78, 5) is 0.00923. The van der Waals surface area contributed by atoms with E-state index in [1.54, 1.807) is 6.92 Å². The van der Waals surface area contributed by atoms with Gasteiger partial charge in [0.1, 0.15) is 10.6 Å². The standard InChI is InChI=1S/C13H14F3N3O3S/c1-3-19-9(2)12(8-17-19)23(20,21)18-10-4-6-11(7-5-10)22-13(14,15)16/h4-8,18H,3H2,1-2H3. The van der Waals surface area contributed by atoms with Crippen LogP contribution in [-0.2, 0) is 16.6 Å². The quantitative estimate of drug-likeness (QED) is 0.901. The maximum absolute atomic E-state index is 12.3. The molecule has 23 heavy (non-hydrogen) atoms. The van der Waals surface area contributed by atoms with E-state index in [0.717, 1.165) is 12.1 Å². The van der Waals surface area contributed by atoms with Crippen LogP contribution in [0.2, 0.25) is 0 Å². The lowest BCUT2D eigenvalue weighted by atomic mass is 10.3. The van der Waals surface area contributed by atoms with Gasteiger partial charge < -0.3 is 4.74 Å². The van der Waals surface area contributed by atoms with Gasteiger partial charge in [0.25, 0.3) is 10.0 Å². The molecule has 0 aliphatic heterocycles. The zero-order chi connectivity index (χ0) is 17.3. The van der Waals surface area contributed by atoms with E-state index in [9.17, 15) is 21.6 Å². The molecule has 10 heteroatoms. The van der Waals surface area contributed by atoms with Gasteiger partial charge in [-0.2, -0.15) is 5.10 Å². The largest absolute Gasteiger partial charge is 0.573 e. The number of nitrogens with one attached hydrogen (secondary N) is 1. The van der Waals surface area contributed by atoms with Gasteiger partial charge >= 0.3 is 6.36 Å². The maximum Gasteiger partial charge on any atom is 0.573 e.